The van der Waals surface area contributed by atoms with Crippen LogP contribution in [0.2, 0.25) is 0 Å². The van der Waals surface area contributed by atoms with Gasteiger partial charge < -0.3 is 58.0 Å². The first-order valence-electron chi connectivity index (χ1n) is 28.8. The van der Waals surface area contributed by atoms with Crippen LogP contribution in [0.5, 0.6) is 46.0 Å². The molecule has 0 radical (unpaired) electrons. The van der Waals surface area contributed by atoms with Gasteiger partial charge in [0.2, 0.25) is 0 Å². The predicted octanol–water partition coefficient (Wildman–Crippen LogP) is 14.2. The van der Waals surface area contributed by atoms with E-state index in [4.69, 9.17) is 52.8 Å². The number of hydrogen-bond donors (Lipinski definition) is 3. The fraction of sp³-hybridized carbons (Fsp3) is 0.264. The molecule has 89 heavy (non-hydrogen) atoms. The number of hydrogen-bond acceptors (Lipinski definition) is 17. The van der Waals surface area contributed by atoms with Gasteiger partial charge >= 0.3 is 0 Å². The summed E-state index contributed by atoms with van der Waals surface area (Å²) in [7, 11) is 7.08. The third kappa shape index (κ3) is 26.8. The van der Waals surface area contributed by atoms with Gasteiger partial charge in [0.25, 0.3) is 0 Å². The van der Waals surface area contributed by atoms with E-state index in [2.05, 4.69) is 0 Å². The minimum absolute atomic E-state index is 0.0319. The Hall–Kier alpha value is -9.81. The van der Waals surface area contributed by atoms with Crippen molar-refractivity contribution in [2.75, 3.05) is 55.4 Å². The fourth-order valence-electron chi connectivity index (χ4n) is 8.10. The Kier molecular flexibility index (Phi) is 33.9. The van der Waals surface area contributed by atoms with Crippen molar-refractivity contribution < 1.29 is 81.9 Å². The lowest BCUT2D eigenvalue weighted by Crippen LogP contribution is -2.25. The number of Topliss-reactive ketones (excluding diaryl/α,β-unsaturated/α-hetero) is 1. The van der Waals surface area contributed by atoms with Crippen molar-refractivity contribution in [3.63, 3.8) is 0 Å². The van der Waals surface area contributed by atoms with Crippen LogP contribution in [0, 0.1) is 0 Å². The van der Waals surface area contributed by atoms with E-state index in [0.29, 0.717) is 63.0 Å². The Balaban J connectivity index is 0.000000238. The fourth-order valence-corrected chi connectivity index (χ4v) is 8.10. The molecule has 3 aliphatic heterocycles. The number of methoxy groups -OCH3 is 4. The zero-order valence-electron chi connectivity index (χ0n) is 51.2. The molecule has 17 nitrogen and oxygen atoms in total. The number of aromatic hydroxyl groups is 2. The maximum absolute atomic E-state index is 12.1. The summed E-state index contributed by atoms with van der Waals surface area (Å²) in [5.41, 5.74) is 4.80. The quantitative estimate of drug-likeness (QED) is 0.0437. The maximum Gasteiger partial charge on any atom is 0.200 e. The van der Waals surface area contributed by atoms with Crippen molar-refractivity contribution in [2.45, 2.75) is 70.9 Å². The van der Waals surface area contributed by atoms with Crippen molar-refractivity contribution in [3.8, 4) is 46.0 Å². The van der Waals surface area contributed by atoms with Crippen LogP contribution < -0.4 is 28.4 Å². The molecule has 0 aromatic heterocycles. The monoisotopic (exact) mass is 1220 g/mol. The van der Waals surface area contributed by atoms with Crippen molar-refractivity contribution in [3.05, 3.63) is 227 Å². The molecule has 3 heterocycles. The van der Waals surface area contributed by atoms with Gasteiger partial charge in [-0.3, -0.25) is 24.0 Å². The standard InChI is InChI=1S/C21H22O4.C16H14O3.C13H16O4.C8H8O3.C8H8O.C5H8O.CH4O/c1-23-20-15-16(10-12-18(22)17-7-3-2-4-8-17)11-13-19(20)25-21-9-5-6-14-24-21;1-19-16-11-12(8-10-15(16)18)7-9-14(17)13-5-3-2-4-6-13;1-15-12-8-10(9-14)5-6-11(12)17-13-4-2-3-7-16-13;1-11-8-4-6(5-9)2-3-7(8)10;1-7(9)8-5-3-2-4-6-8;1-2-4-6-5-3-1;1-2/h2-4,7-8,10-13,15,21H,5-6,9,14H2,1H3;2-11,18H,1H3;5-6,8-9,13H,2-4,7H2,1H3;2-5,10H,1H3;2-6H,1H3;2,4H,1,3,5H2;2H,1H3/b12-10+;9-7+;;;;;. The first kappa shape index (κ1) is 71.7. The largest absolute Gasteiger partial charge is 0.504 e. The molecule has 17 heteroatoms. The second-order valence-corrected chi connectivity index (χ2v) is 19.2. The van der Waals surface area contributed by atoms with Crippen LogP contribution in [0.1, 0.15) is 121 Å². The maximum atomic E-state index is 12.1. The van der Waals surface area contributed by atoms with Crippen molar-refractivity contribution in [1.82, 2.24) is 0 Å². The van der Waals surface area contributed by atoms with Gasteiger partial charge in [-0.05, 0) is 135 Å². The van der Waals surface area contributed by atoms with Crippen LogP contribution in [-0.4, -0.2) is 113 Å². The highest BCUT2D eigenvalue weighted by Gasteiger charge is 2.19. The van der Waals surface area contributed by atoms with E-state index in [9.17, 15) is 29.1 Å². The van der Waals surface area contributed by atoms with E-state index >= 15 is 0 Å². The summed E-state index contributed by atoms with van der Waals surface area (Å²) in [6, 6.07) is 47.5. The minimum atomic E-state index is -0.219. The normalized spacial score (nSPS) is 14.4. The summed E-state index contributed by atoms with van der Waals surface area (Å²) in [6.45, 7) is 3.95. The Morgan fingerprint density at radius 1 is 0.449 bits per heavy atom. The first-order valence-corrected chi connectivity index (χ1v) is 28.8. The lowest BCUT2D eigenvalue weighted by molar-refractivity contribution is -0.106. The molecular weight excluding hydrogens is 1140 g/mol. The van der Waals surface area contributed by atoms with E-state index in [1.807, 2.05) is 91.0 Å². The van der Waals surface area contributed by atoms with Gasteiger partial charge in [0, 0.05) is 47.8 Å². The molecule has 0 aliphatic carbocycles. The summed E-state index contributed by atoms with van der Waals surface area (Å²) in [4.78, 5) is 55.6. The van der Waals surface area contributed by atoms with E-state index in [-0.39, 0.29) is 41.4 Å². The molecule has 2 unspecified atom stereocenters. The van der Waals surface area contributed by atoms with E-state index in [1.165, 1.54) is 57.4 Å². The zero-order chi connectivity index (χ0) is 64.4. The van der Waals surface area contributed by atoms with Crippen LogP contribution in [0.15, 0.2) is 188 Å². The Morgan fingerprint density at radius 2 is 0.831 bits per heavy atom. The third-order valence-corrected chi connectivity index (χ3v) is 12.8. The zero-order valence-corrected chi connectivity index (χ0v) is 51.2. The van der Waals surface area contributed by atoms with Crippen molar-refractivity contribution >= 4 is 42.1 Å². The molecule has 470 valence electrons. The number of aliphatic hydroxyl groups excluding tert-OH is 1. The Bertz CT molecular complexity index is 3290. The average molecular weight is 1220 g/mol. The smallest absolute Gasteiger partial charge is 0.200 e. The molecule has 0 bridgehead atoms. The number of ether oxygens (including phenoxy) is 9. The number of aliphatic hydroxyl groups is 1. The van der Waals surface area contributed by atoms with Crippen LogP contribution in [0.3, 0.4) is 0 Å². The number of rotatable bonds is 17. The molecule has 7 aromatic rings. The van der Waals surface area contributed by atoms with Gasteiger partial charge in [-0.1, -0.05) is 115 Å². The molecule has 0 amide bonds. The third-order valence-electron chi connectivity index (χ3n) is 12.8. The molecule has 3 aliphatic rings. The van der Waals surface area contributed by atoms with Crippen LogP contribution in [0.25, 0.3) is 12.2 Å². The minimum Gasteiger partial charge on any atom is -0.504 e. The molecule has 2 saturated heterocycles. The molecule has 10 rings (SSSR count). The molecule has 7 aromatic carbocycles. The Morgan fingerprint density at radius 3 is 1.17 bits per heavy atom. The van der Waals surface area contributed by atoms with Crippen LogP contribution >= 0.6 is 0 Å². The highest BCUT2D eigenvalue weighted by molar-refractivity contribution is 6.07. The lowest BCUT2D eigenvalue weighted by atomic mass is 10.1. The van der Waals surface area contributed by atoms with Gasteiger partial charge in [-0.2, -0.15) is 0 Å². The topological polar surface area (TPSA) is 229 Å². The number of aldehydes is 2. The number of ketones is 3. The summed E-state index contributed by atoms with van der Waals surface area (Å²) >= 11 is 0. The van der Waals surface area contributed by atoms with E-state index < -0.39 is 0 Å². The van der Waals surface area contributed by atoms with Crippen molar-refractivity contribution in [1.29, 1.82) is 0 Å². The second-order valence-electron chi connectivity index (χ2n) is 19.2. The van der Waals surface area contributed by atoms with E-state index in [1.54, 1.807) is 100 Å². The molecule has 0 spiro atoms. The van der Waals surface area contributed by atoms with Gasteiger partial charge in [0.1, 0.15) is 12.6 Å². The highest BCUT2D eigenvalue weighted by Crippen LogP contribution is 2.33. The van der Waals surface area contributed by atoms with Crippen LogP contribution in [-0.2, 0) is 14.2 Å². The average Bonchev–Trinajstić information content (AvgIpc) is 3.79. The number of carbonyl (C=O) groups is 5. The Labute approximate surface area is 521 Å². The van der Waals surface area contributed by atoms with Gasteiger partial charge in [-0.15, -0.1) is 0 Å². The molecule has 2 atom stereocenters. The number of carbonyl (C=O) groups excluding carboxylic acids is 5. The summed E-state index contributed by atoms with van der Waals surface area (Å²) in [5.74, 6) is 3.30. The molecular formula is C72H80O17. The number of phenols is 2. The van der Waals surface area contributed by atoms with Gasteiger partial charge in [0.05, 0.1) is 54.5 Å². The summed E-state index contributed by atoms with van der Waals surface area (Å²) in [6.07, 6.45) is 19.9. The number of allylic oxidation sites excluding steroid dienone is 3. The summed E-state index contributed by atoms with van der Waals surface area (Å²) in [5, 5.41) is 25.6. The summed E-state index contributed by atoms with van der Waals surface area (Å²) < 4.78 is 48.0. The lowest BCUT2D eigenvalue weighted by Gasteiger charge is -2.24. The SMILES string of the molecule is C1=COCCC1.CC(=O)c1ccccc1.CO.COc1cc(/C=C/C(=O)c2ccccc2)ccc1O.COc1cc(/C=C/C(=O)c2ccccc2)ccc1OC1CCCCO1.COc1cc(C=O)ccc1O.COc1cc(C=O)ccc1OC1CCCCO1. The van der Waals surface area contributed by atoms with Gasteiger partial charge in [0.15, 0.2) is 75.9 Å². The molecule has 2 fully saturated rings. The first-order chi connectivity index (χ1) is 43.4. The van der Waals surface area contributed by atoms with Crippen molar-refractivity contribution in [2.24, 2.45) is 0 Å². The second kappa shape index (κ2) is 42.1. The predicted molar refractivity (Wildman–Crippen MR) is 343 cm³/mol. The van der Waals surface area contributed by atoms with Crippen LogP contribution in [0.4, 0.5) is 0 Å². The number of phenolic OH excluding ortho intramolecular Hbond substituents is 2. The van der Waals surface area contributed by atoms with Gasteiger partial charge in [-0.25, -0.2) is 0 Å². The molecule has 0 saturated carbocycles. The molecule has 3 N–H and O–H groups in total. The highest BCUT2D eigenvalue weighted by atomic mass is 16.7. The number of benzene rings is 7. The van der Waals surface area contributed by atoms with E-state index in [0.717, 1.165) is 88.4 Å².